The Morgan fingerprint density at radius 2 is 1.57 bits per heavy atom. The summed E-state index contributed by atoms with van der Waals surface area (Å²) in [6.45, 7) is 0.188. The fourth-order valence-electron chi connectivity index (χ4n) is 2.67. The van der Waals surface area contributed by atoms with E-state index in [1.807, 2.05) is 18.2 Å². The van der Waals surface area contributed by atoms with Crippen molar-refractivity contribution in [3.05, 3.63) is 97.5 Å². The van der Waals surface area contributed by atoms with Crippen LogP contribution in [-0.4, -0.2) is 12.9 Å². The Morgan fingerprint density at radius 3 is 2.27 bits per heavy atom. The molecule has 0 aromatic heterocycles. The van der Waals surface area contributed by atoms with Crippen molar-refractivity contribution in [2.75, 3.05) is 7.11 Å². The summed E-state index contributed by atoms with van der Waals surface area (Å²) >= 11 is 24.0. The Hall–Kier alpha value is -2.17. The van der Waals surface area contributed by atoms with Gasteiger partial charge < -0.3 is 9.47 Å². The van der Waals surface area contributed by atoms with Gasteiger partial charge >= 0.3 is 0 Å². The summed E-state index contributed by atoms with van der Waals surface area (Å²) in [6, 6.07) is 15.3. The van der Waals surface area contributed by atoms with Crippen molar-refractivity contribution < 1.29 is 14.3 Å². The normalized spacial score (nSPS) is 11.0. The third-order valence-electron chi connectivity index (χ3n) is 4.22. The van der Waals surface area contributed by atoms with Crippen LogP contribution >= 0.6 is 46.4 Å². The van der Waals surface area contributed by atoms with E-state index in [9.17, 15) is 4.79 Å². The molecule has 0 aliphatic heterocycles. The number of carbonyl (C=O) groups is 1. The number of ketones is 1. The number of halogens is 4. The highest BCUT2D eigenvalue weighted by Crippen LogP contribution is 2.34. The fourth-order valence-corrected chi connectivity index (χ4v) is 3.39. The highest BCUT2D eigenvalue weighted by molar-refractivity contribution is 6.43. The van der Waals surface area contributed by atoms with Crippen LogP contribution in [0.1, 0.15) is 21.5 Å². The van der Waals surface area contributed by atoms with Crippen molar-refractivity contribution in [1.29, 1.82) is 0 Å². The molecule has 0 N–H and O–H groups in total. The molecule has 0 aliphatic rings. The predicted molar refractivity (Wildman–Crippen MR) is 124 cm³/mol. The molecule has 0 amide bonds. The van der Waals surface area contributed by atoms with E-state index in [1.165, 1.54) is 12.1 Å². The van der Waals surface area contributed by atoms with Gasteiger partial charge in [0.25, 0.3) is 0 Å². The lowest BCUT2D eigenvalue weighted by Crippen LogP contribution is -2.00. The summed E-state index contributed by atoms with van der Waals surface area (Å²) in [5, 5.41) is 1.63. The quantitative estimate of drug-likeness (QED) is 0.196. The number of allylic oxidation sites excluding steroid dienone is 1. The lowest BCUT2D eigenvalue weighted by atomic mass is 10.1. The summed E-state index contributed by atoms with van der Waals surface area (Å²) in [4.78, 5) is 12.3. The van der Waals surface area contributed by atoms with Crippen LogP contribution in [0.3, 0.4) is 0 Å². The molecule has 0 saturated heterocycles. The molecule has 0 unspecified atom stereocenters. The van der Waals surface area contributed by atoms with Crippen molar-refractivity contribution in [3.8, 4) is 11.5 Å². The van der Waals surface area contributed by atoms with Crippen LogP contribution in [0.15, 0.2) is 60.7 Å². The predicted octanol–water partition coefficient (Wildman–Crippen LogP) is 7.78. The maximum absolute atomic E-state index is 12.3. The second-order valence-electron chi connectivity index (χ2n) is 6.26. The van der Waals surface area contributed by atoms with Gasteiger partial charge in [0.15, 0.2) is 5.78 Å². The third kappa shape index (κ3) is 5.71. The first-order valence-corrected chi connectivity index (χ1v) is 10.3. The van der Waals surface area contributed by atoms with Crippen LogP contribution < -0.4 is 9.47 Å². The molecule has 0 aliphatic carbocycles. The molecule has 3 nitrogen and oxygen atoms in total. The zero-order valence-corrected chi connectivity index (χ0v) is 18.8. The zero-order valence-electron chi connectivity index (χ0n) is 15.8. The lowest BCUT2D eigenvalue weighted by Gasteiger charge is -2.13. The summed E-state index contributed by atoms with van der Waals surface area (Å²) in [6.07, 6.45) is 3.23. The van der Waals surface area contributed by atoms with Crippen LogP contribution in [-0.2, 0) is 6.61 Å². The topological polar surface area (TPSA) is 35.5 Å². The van der Waals surface area contributed by atoms with E-state index < -0.39 is 0 Å². The molecule has 30 heavy (non-hydrogen) atoms. The third-order valence-corrected chi connectivity index (χ3v) is 5.49. The molecule has 154 valence electrons. The SMILES string of the molecule is COc1ccc(/C=C/C(=O)c2ccc(Cl)cc2)cc1COc1cc(Cl)c(Cl)cc1Cl. The number of carbonyl (C=O) groups excluding carboxylic acids is 1. The van der Waals surface area contributed by atoms with Crippen molar-refractivity contribution in [2.45, 2.75) is 6.61 Å². The molecule has 3 aromatic carbocycles. The molecule has 0 heterocycles. The molecule has 0 bridgehead atoms. The van der Waals surface area contributed by atoms with Gasteiger partial charge in [-0.1, -0.05) is 58.5 Å². The number of rotatable bonds is 7. The van der Waals surface area contributed by atoms with Gasteiger partial charge in [-0.25, -0.2) is 0 Å². The number of ether oxygens (including phenoxy) is 2. The van der Waals surface area contributed by atoms with Gasteiger partial charge in [-0.15, -0.1) is 0 Å². The Kier molecular flexibility index (Phi) is 7.68. The van der Waals surface area contributed by atoms with Gasteiger partial charge in [-0.2, -0.15) is 0 Å². The van der Waals surface area contributed by atoms with Crippen LogP contribution in [0.4, 0.5) is 0 Å². The van der Waals surface area contributed by atoms with Gasteiger partial charge in [-0.3, -0.25) is 4.79 Å². The number of hydrogen-bond acceptors (Lipinski definition) is 3. The van der Waals surface area contributed by atoms with Gasteiger partial charge in [0, 0.05) is 22.2 Å². The average Bonchev–Trinajstić information content (AvgIpc) is 2.74. The number of methoxy groups -OCH3 is 1. The minimum Gasteiger partial charge on any atom is -0.496 e. The molecular formula is C23H16Cl4O3. The van der Waals surface area contributed by atoms with Gasteiger partial charge in [-0.05, 0) is 54.1 Å². The molecule has 3 aromatic rings. The standard InChI is InChI=1S/C23H16Cl4O3/c1-29-22-9-3-14(2-8-21(28)15-4-6-17(24)7-5-15)10-16(22)13-30-23-12-19(26)18(25)11-20(23)27/h2-12H,13H2,1H3/b8-2+. The van der Waals surface area contributed by atoms with E-state index in [1.54, 1.807) is 43.5 Å². The molecule has 0 atom stereocenters. The zero-order chi connectivity index (χ0) is 21.7. The fraction of sp³-hybridized carbons (Fsp3) is 0.0870. The van der Waals surface area contributed by atoms with Gasteiger partial charge in [0.2, 0.25) is 0 Å². The summed E-state index contributed by atoms with van der Waals surface area (Å²) in [5.41, 5.74) is 2.15. The second kappa shape index (κ2) is 10.2. The Balaban J connectivity index is 1.77. The Bertz CT molecular complexity index is 1090. The van der Waals surface area contributed by atoms with E-state index in [0.717, 1.165) is 11.1 Å². The van der Waals surface area contributed by atoms with Crippen LogP contribution in [0.5, 0.6) is 11.5 Å². The van der Waals surface area contributed by atoms with Crippen molar-refractivity contribution in [3.63, 3.8) is 0 Å². The van der Waals surface area contributed by atoms with E-state index in [4.69, 9.17) is 55.9 Å². The average molecular weight is 482 g/mol. The maximum atomic E-state index is 12.3. The molecule has 0 saturated carbocycles. The van der Waals surface area contributed by atoms with Gasteiger partial charge in [0.05, 0.1) is 22.2 Å². The highest BCUT2D eigenvalue weighted by atomic mass is 35.5. The number of benzene rings is 3. The molecule has 0 radical (unpaired) electrons. The van der Waals surface area contributed by atoms with Crippen LogP contribution in [0.2, 0.25) is 20.1 Å². The minimum absolute atomic E-state index is 0.122. The van der Waals surface area contributed by atoms with Crippen molar-refractivity contribution in [2.24, 2.45) is 0 Å². The first kappa shape index (κ1) is 22.5. The van der Waals surface area contributed by atoms with Crippen LogP contribution in [0.25, 0.3) is 6.08 Å². The first-order chi connectivity index (χ1) is 14.4. The first-order valence-electron chi connectivity index (χ1n) is 8.79. The van der Waals surface area contributed by atoms with E-state index >= 15 is 0 Å². The summed E-state index contributed by atoms with van der Waals surface area (Å²) in [5.74, 6) is 0.933. The van der Waals surface area contributed by atoms with Crippen LogP contribution in [0, 0.1) is 0 Å². The molecule has 0 spiro atoms. The van der Waals surface area contributed by atoms with E-state index in [-0.39, 0.29) is 12.4 Å². The van der Waals surface area contributed by atoms with E-state index in [2.05, 4.69) is 0 Å². The Labute approximate surface area is 194 Å². The summed E-state index contributed by atoms with van der Waals surface area (Å²) in [7, 11) is 1.57. The molecular weight excluding hydrogens is 466 g/mol. The maximum Gasteiger partial charge on any atom is 0.185 e. The molecule has 7 heteroatoms. The highest BCUT2D eigenvalue weighted by Gasteiger charge is 2.10. The smallest absolute Gasteiger partial charge is 0.185 e. The molecule has 0 fully saturated rings. The minimum atomic E-state index is -0.122. The Morgan fingerprint density at radius 1 is 0.867 bits per heavy atom. The summed E-state index contributed by atoms with van der Waals surface area (Å²) < 4.78 is 11.2. The van der Waals surface area contributed by atoms with Crippen molar-refractivity contribution in [1.82, 2.24) is 0 Å². The molecule has 3 rings (SSSR count). The monoisotopic (exact) mass is 480 g/mol. The number of hydrogen-bond donors (Lipinski definition) is 0. The second-order valence-corrected chi connectivity index (χ2v) is 7.92. The largest absolute Gasteiger partial charge is 0.496 e. The lowest BCUT2D eigenvalue weighted by molar-refractivity contribution is 0.104. The van der Waals surface area contributed by atoms with Gasteiger partial charge in [0.1, 0.15) is 18.1 Å². The van der Waals surface area contributed by atoms with E-state index in [0.29, 0.717) is 37.2 Å². The van der Waals surface area contributed by atoms with Crippen molar-refractivity contribution >= 4 is 58.3 Å².